The number of carbonyl (C=O) groups is 1. The van der Waals surface area contributed by atoms with Crippen molar-refractivity contribution in [2.45, 2.75) is 6.92 Å². The Morgan fingerprint density at radius 3 is 1.77 bits per heavy atom. The van der Waals surface area contributed by atoms with Crippen LogP contribution >= 0.6 is 0 Å². The Balaban J connectivity index is 1.84. The first-order valence-electron chi connectivity index (χ1n) is 9.46. The monoisotopic (exact) mass is 390 g/mol. The minimum Gasteiger partial charge on any atom is -0.290 e. The average molecular weight is 390 g/mol. The summed E-state index contributed by atoms with van der Waals surface area (Å²) in [5.74, 6) is -0.157. The average Bonchev–Trinajstić information content (AvgIpc) is 2.80. The van der Waals surface area contributed by atoms with Gasteiger partial charge in [-0.1, -0.05) is 78.4 Å². The predicted octanol–water partition coefficient (Wildman–Crippen LogP) is 5.24. The molecular weight excluding hydrogens is 372 g/mol. The Morgan fingerprint density at radius 1 is 0.800 bits per heavy atom. The van der Waals surface area contributed by atoms with Crippen LogP contribution in [0.5, 0.6) is 0 Å². The van der Waals surface area contributed by atoms with E-state index in [1.54, 1.807) is 12.1 Å². The lowest BCUT2D eigenvalue weighted by molar-refractivity contribution is 0.102. The summed E-state index contributed by atoms with van der Waals surface area (Å²) in [6.45, 7) is 1.96. The Morgan fingerprint density at radius 2 is 1.30 bits per heavy atom. The van der Waals surface area contributed by atoms with Gasteiger partial charge in [-0.3, -0.25) is 10.1 Å². The van der Waals surface area contributed by atoms with Crippen molar-refractivity contribution < 1.29 is 4.79 Å². The number of nitrogens with zero attached hydrogens (tertiary/aromatic N) is 3. The summed E-state index contributed by atoms with van der Waals surface area (Å²) < 4.78 is 0. The van der Waals surface area contributed by atoms with Crippen molar-refractivity contribution in [3.05, 3.63) is 102 Å². The highest BCUT2D eigenvalue weighted by atomic mass is 16.1. The second kappa shape index (κ2) is 8.38. The van der Waals surface area contributed by atoms with E-state index >= 15 is 0 Å². The molecule has 0 aliphatic heterocycles. The van der Waals surface area contributed by atoms with Gasteiger partial charge in [0.25, 0.3) is 5.91 Å². The molecule has 0 aliphatic carbocycles. The largest absolute Gasteiger partial charge is 0.290 e. The molecule has 0 saturated heterocycles. The first kappa shape index (κ1) is 19.0. The second-order valence-electron chi connectivity index (χ2n) is 6.78. The lowest BCUT2D eigenvalue weighted by Gasteiger charge is -2.12. The third kappa shape index (κ3) is 3.94. The number of carbonyl (C=O) groups excluding carboxylic acids is 1. The molecular formula is C25H18N4O. The van der Waals surface area contributed by atoms with Gasteiger partial charge in [0, 0.05) is 16.7 Å². The van der Waals surface area contributed by atoms with Gasteiger partial charge >= 0.3 is 0 Å². The normalized spacial score (nSPS) is 10.3. The van der Waals surface area contributed by atoms with E-state index in [-0.39, 0.29) is 11.9 Å². The maximum Gasteiger partial charge on any atom is 0.258 e. The third-order valence-electron chi connectivity index (χ3n) is 4.65. The summed E-state index contributed by atoms with van der Waals surface area (Å²) in [6, 6.07) is 28.3. The molecule has 4 aromatic rings. The van der Waals surface area contributed by atoms with Gasteiger partial charge in [-0.05, 0) is 19.1 Å². The van der Waals surface area contributed by atoms with E-state index in [9.17, 15) is 10.1 Å². The molecule has 144 valence electrons. The molecule has 0 spiro atoms. The van der Waals surface area contributed by atoms with Gasteiger partial charge < -0.3 is 0 Å². The lowest BCUT2D eigenvalue weighted by atomic mass is 10.0. The maximum atomic E-state index is 12.7. The zero-order valence-electron chi connectivity index (χ0n) is 16.3. The summed E-state index contributed by atoms with van der Waals surface area (Å²) in [5.41, 5.74) is 4.45. The number of rotatable bonds is 4. The molecule has 0 bridgehead atoms. The number of nitriles is 1. The molecule has 30 heavy (non-hydrogen) atoms. The predicted molar refractivity (Wildman–Crippen MR) is 117 cm³/mol. The number of aromatic nitrogens is 2. The fraction of sp³-hybridized carbons (Fsp3) is 0.0400. The fourth-order valence-corrected chi connectivity index (χ4v) is 3.11. The second-order valence-corrected chi connectivity index (χ2v) is 6.78. The maximum absolute atomic E-state index is 12.7. The van der Waals surface area contributed by atoms with Crippen LogP contribution in [0.15, 0.2) is 84.9 Å². The van der Waals surface area contributed by atoms with Crippen molar-refractivity contribution in [3.63, 3.8) is 0 Å². The number of amides is 1. The van der Waals surface area contributed by atoms with E-state index in [0.717, 1.165) is 16.7 Å². The van der Waals surface area contributed by atoms with E-state index < -0.39 is 0 Å². The Labute approximate surface area is 174 Å². The first-order valence-corrected chi connectivity index (χ1v) is 9.46. The summed E-state index contributed by atoms with van der Waals surface area (Å²) in [5, 5.41) is 12.7. The van der Waals surface area contributed by atoms with Crippen molar-refractivity contribution in [3.8, 4) is 28.6 Å². The zero-order valence-corrected chi connectivity index (χ0v) is 16.3. The van der Waals surface area contributed by atoms with Crippen LogP contribution in [-0.4, -0.2) is 15.9 Å². The topological polar surface area (TPSA) is 78.7 Å². The van der Waals surface area contributed by atoms with Gasteiger partial charge in [0.1, 0.15) is 11.6 Å². The molecule has 3 aromatic carbocycles. The molecule has 1 aromatic heterocycles. The highest BCUT2D eigenvalue weighted by molar-refractivity contribution is 6.03. The highest BCUT2D eigenvalue weighted by Crippen LogP contribution is 2.30. The molecule has 0 fully saturated rings. The smallest absolute Gasteiger partial charge is 0.258 e. The van der Waals surface area contributed by atoms with Crippen LogP contribution in [0.2, 0.25) is 0 Å². The molecule has 0 atom stereocenters. The van der Waals surface area contributed by atoms with E-state index in [1.807, 2.05) is 79.7 Å². The van der Waals surface area contributed by atoms with Crippen molar-refractivity contribution in [1.29, 1.82) is 5.26 Å². The lowest BCUT2D eigenvalue weighted by Crippen LogP contribution is -2.15. The van der Waals surface area contributed by atoms with E-state index in [2.05, 4.69) is 21.4 Å². The molecule has 0 unspecified atom stereocenters. The summed E-state index contributed by atoms with van der Waals surface area (Å²) in [6.07, 6.45) is 0. The van der Waals surface area contributed by atoms with Crippen LogP contribution in [0.3, 0.4) is 0 Å². The van der Waals surface area contributed by atoms with Crippen molar-refractivity contribution >= 4 is 11.9 Å². The number of hydrogen-bond acceptors (Lipinski definition) is 4. The first-order chi connectivity index (χ1) is 14.7. The van der Waals surface area contributed by atoms with Crippen LogP contribution in [0.25, 0.3) is 22.5 Å². The van der Waals surface area contributed by atoms with Crippen LogP contribution in [0, 0.1) is 18.3 Å². The van der Waals surface area contributed by atoms with Crippen molar-refractivity contribution in [2.75, 3.05) is 5.32 Å². The van der Waals surface area contributed by atoms with Crippen molar-refractivity contribution in [2.24, 2.45) is 0 Å². The summed E-state index contributed by atoms with van der Waals surface area (Å²) in [7, 11) is 0. The molecule has 4 rings (SSSR count). The number of benzene rings is 3. The van der Waals surface area contributed by atoms with E-state index in [4.69, 9.17) is 0 Å². The van der Waals surface area contributed by atoms with Crippen LogP contribution < -0.4 is 5.32 Å². The van der Waals surface area contributed by atoms with E-state index in [1.165, 1.54) is 0 Å². The molecule has 1 N–H and O–H groups in total. The highest BCUT2D eigenvalue weighted by Gasteiger charge is 2.18. The van der Waals surface area contributed by atoms with Crippen LogP contribution in [0.4, 0.5) is 5.95 Å². The van der Waals surface area contributed by atoms with Gasteiger partial charge in [0.2, 0.25) is 5.95 Å². The van der Waals surface area contributed by atoms with Gasteiger partial charge in [-0.2, -0.15) is 5.26 Å². The molecule has 0 saturated carbocycles. The van der Waals surface area contributed by atoms with Crippen molar-refractivity contribution in [1.82, 2.24) is 9.97 Å². The molecule has 5 nitrogen and oxygen atoms in total. The van der Waals surface area contributed by atoms with Gasteiger partial charge in [-0.25, -0.2) is 9.97 Å². The summed E-state index contributed by atoms with van der Waals surface area (Å²) in [4.78, 5) is 21.8. The fourth-order valence-electron chi connectivity index (χ4n) is 3.11. The SMILES string of the molecule is Cc1ccc(C(=O)Nc2nc(-c3ccccc3)c(C#N)c(-c3ccccc3)n2)cc1. The minimum absolute atomic E-state index is 0.150. The van der Waals surface area contributed by atoms with E-state index in [0.29, 0.717) is 22.5 Å². The Bertz CT molecular complexity index is 1170. The Hall–Kier alpha value is -4.30. The number of aryl methyl sites for hydroxylation is 1. The zero-order chi connectivity index (χ0) is 20.9. The van der Waals surface area contributed by atoms with Crippen LogP contribution in [0.1, 0.15) is 21.5 Å². The molecule has 5 heteroatoms. The quantitative estimate of drug-likeness (QED) is 0.517. The number of anilines is 1. The van der Waals surface area contributed by atoms with Gasteiger partial charge in [0.05, 0.1) is 11.4 Å². The molecule has 0 aliphatic rings. The number of nitrogens with one attached hydrogen (secondary N) is 1. The molecule has 1 heterocycles. The summed E-state index contributed by atoms with van der Waals surface area (Å²) >= 11 is 0. The molecule has 1 amide bonds. The van der Waals surface area contributed by atoms with Crippen LogP contribution in [-0.2, 0) is 0 Å². The van der Waals surface area contributed by atoms with Gasteiger partial charge in [0.15, 0.2) is 0 Å². The Kier molecular flexibility index (Phi) is 5.31. The minimum atomic E-state index is -0.308. The number of hydrogen-bond donors (Lipinski definition) is 1. The molecule has 0 radical (unpaired) electrons. The third-order valence-corrected chi connectivity index (χ3v) is 4.65. The standard InChI is InChI=1S/C25H18N4O/c1-17-12-14-20(15-13-17)24(30)29-25-27-22(18-8-4-2-5-9-18)21(16-26)23(28-25)19-10-6-3-7-11-19/h2-15H,1H3,(H,27,28,29,30). The van der Waals surface area contributed by atoms with Gasteiger partial charge in [-0.15, -0.1) is 0 Å².